The van der Waals surface area contributed by atoms with E-state index in [0.29, 0.717) is 0 Å². The Morgan fingerprint density at radius 2 is 0.973 bits per heavy atom. The van der Waals surface area contributed by atoms with Crippen molar-refractivity contribution >= 4 is 54.1 Å². The van der Waals surface area contributed by atoms with Gasteiger partial charge in [0.05, 0.1) is 5.52 Å². The molecule has 0 radical (unpaired) electrons. The summed E-state index contributed by atoms with van der Waals surface area (Å²) in [7, 11) is 0. The third-order valence-electron chi connectivity index (χ3n) is 7.75. The van der Waals surface area contributed by atoms with Crippen LogP contribution in [0.2, 0.25) is 0 Å². The molecule has 1 heteroatoms. The van der Waals surface area contributed by atoms with Crippen LogP contribution in [0.1, 0.15) is 0 Å². The Morgan fingerprint density at radius 3 is 1.81 bits per heavy atom. The number of aromatic nitrogens is 1. The molecule has 1 nitrogen and oxygen atoms in total. The van der Waals surface area contributed by atoms with Crippen LogP contribution in [0, 0.1) is 0 Å². The molecular formula is C36H23N. The third kappa shape index (κ3) is 3.11. The van der Waals surface area contributed by atoms with Gasteiger partial charge in [-0.2, -0.15) is 0 Å². The first-order valence-electron chi connectivity index (χ1n) is 12.8. The molecule has 0 aliphatic rings. The van der Waals surface area contributed by atoms with Crippen LogP contribution >= 0.6 is 0 Å². The molecule has 0 fully saturated rings. The molecule has 0 saturated heterocycles. The number of H-pyrrole nitrogens is 1. The summed E-state index contributed by atoms with van der Waals surface area (Å²) in [5.74, 6) is 0. The van der Waals surface area contributed by atoms with E-state index in [-0.39, 0.29) is 0 Å². The van der Waals surface area contributed by atoms with E-state index in [1.54, 1.807) is 0 Å². The molecule has 0 atom stereocenters. The summed E-state index contributed by atoms with van der Waals surface area (Å²) < 4.78 is 0. The van der Waals surface area contributed by atoms with Gasteiger partial charge >= 0.3 is 0 Å². The largest absolute Gasteiger partial charge is 0.354 e. The fourth-order valence-corrected chi connectivity index (χ4v) is 6.00. The van der Waals surface area contributed by atoms with Gasteiger partial charge in [-0.05, 0) is 73.3 Å². The zero-order valence-electron chi connectivity index (χ0n) is 20.2. The van der Waals surface area contributed by atoms with Gasteiger partial charge in [0.15, 0.2) is 0 Å². The van der Waals surface area contributed by atoms with E-state index in [1.807, 2.05) is 0 Å². The number of hydrogen-bond donors (Lipinski definition) is 1. The van der Waals surface area contributed by atoms with Gasteiger partial charge in [-0.3, -0.25) is 0 Å². The van der Waals surface area contributed by atoms with Crippen LogP contribution in [0.5, 0.6) is 0 Å². The highest BCUT2D eigenvalue weighted by atomic mass is 14.7. The van der Waals surface area contributed by atoms with Crippen LogP contribution in [-0.4, -0.2) is 4.98 Å². The second-order valence-corrected chi connectivity index (χ2v) is 9.87. The van der Waals surface area contributed by atoms with Gasteiger partial charge in [0.1, 0.15) is 0 Å². The van der Waals surface area contributed by atoms with Crippen molar-refractivity contribution in [1.29, 1.82) is 0 Å². The second kappa shape index (κ2) is 7.81. The van der Waals surface area contributed by atoms with Crippen molar-refractivity contribution in [2.24, 2.45) is 0 Å². The van der Waals surface area contributed by atoms with E-state index in [4.69, 9.17) is 0 Å². The number of fused-ring (bicyclic) bond motifs is 7. The highest BCUT2D eigenvalue weighted by molar-refractivity contribution is 6.16. The first kappa shape index (κ1) is 20.3. The fourth-order valence-electron chi connectivity index (χ4n) is 6.00. The van der Waals surface area contributed by atoms with Crippen molar-refractivity contribution in [3.8, 4) is 22.3 Å². The molecule has 8 aromatic rings. The zero-order valence-corrected chi connectivity index (χ0v) is 20.2. The summed E-state index contributed by atoms with van der Waals surface area (Å²) in [6, 6.07) is 48.6. The van der Waals surface area contributed by atoms with Crippen molar-refractivity contribution in [2.45, 2.75) is 0 Å². The summed E-state index contributed by atoms with van der Waals surface area (Å²) >= 11 is 0. The number of rotatable bonds is 2. The molecule has 0 unspecified atom stereocenters. The molecule has 1 N–H and O–H groups in total. The molecule has 0 bridgehead atoms. The maximum absolute atomic E-state index is 3.75. The summed E-state index contributed by atoms with van der Waals surface area (Å²) in [5, 5.41) is 10.2. The predicted molar refractivity (Wildman–Crippen MR) is 159 cm³/mol. The average molecular weight is 470 g/mol. The lowest BCUT2D eigenvalue weighted by atomic mass is 9.91. The van der Waals surface area contributed by atoms with Crippen molar-refractivity contribution < 1.29 is 0 Å². The molecule has 37 heavy (non-hydrogen) atoms. The molecule has 0 spiro atoms. The molecule has 0 amide bonds. The quantitative estimate of drug-likeness (QED) is 0.242. The Labute approximate surface area is 214 Å². The van der Waals surface area contributed by atoms with Crippen LogP contribution in [0.4, 0.5) is 0 Å². The Bertz CT molecular complexity index is 2140. The zero-order chi connectivity index (χ0) is 24.3. The Hall–Kier alpha value is -4.88. The minimum absolute atomic E-state index is 1.18. The first-order valence-corrected chi connectivity index (χ1v) is 12.8. The van der Waals surface area contributed by atoms with Gasteiger partial charge in [0.25, 0.3) is 0 Å². The van der Waals surface area contributed by atoms with Crippen LogP contribution in [0.3, 0.4) is 0 Å². The molecule has 172 valence electrons. The molecule has 0 aliphatic carbocycles. The average Bonchev–Trinajstić information content (AvgIpc) is 3.33. The lowest BCUT2D eigenvalue weighted by Gasteiger charge is -2.12. The standard InChI is InChI=1S/C36H23N/c1-2-10-24-22-35-34(20-23(24)9-1)32-18-8-17-29(36(32)37-35)25-12-7-13-26(19-25)33-21-27-11-3-4-14-28(27)30-15-5-6-16-31(30)33/h1-22,37H. The minimum atomic E-state index is 1.18. The molecule has 0 aliphatic heterocycles. The predicted octanol–water partition coefficient (Wildman–Crippen LogP) is 10.1. The number of nitrogens with one attached hydrogen (secondary N) is 1. The molecule has 0 saturated carbocycles. The Morgan fingerprint density at radius 1 is 0.351 bits per heavy atom. The highest BCUT2D eigenvalue weighted by Crippen LogP contribution is 2.39. The highest BCUT2D eigenvalue weighted by Gasteiger charge is 2.13. The van der Waals surface area contributed by atoms with Gasteiger partial charge in [-0.15, -0.1) is 0 Å². The third-order valence-corrected chi connectivity index (χ3v) is 7.75. The van der Waals surface area contributed by atoms with Gasteiger partial charge in [-0.1, -0.05) is 109 Å². The number of hydrogen-bond acceptors (Lipinski definition) is 0. The van der Waals surface area contributed by atoms with Gasteiger partial charge in [0, 0.05) is 21.9 Å². The summed E-state index contributed by atoms with van der Waals surface area (Å²) in [6.07, 6.45) is 0. The SMILES string of the molecule is c1cc(-c2cc3ccccc3c3ccccc23)cc(-c2cccc3c2[nH]c2cc4ccccc4cc23)c1. The van der Waals surface area contributed by atoms with E-state index >= 15 is 0 Å². The van der Waals surface area contributed by atoms with E-state index in [2.05, 4.69) is 138 Å². The monoisotopic (exact) mass is 469 g/mol. The Kier molecular flexibility index (Phi) is 4.29. The molecule has 8 rings (SSSR count). The van der Waals surface area contributed by atoms with E-state index in [1.165, 1.54) is 76.4 Å². The van der Waals surface area contributed by atoms with E-state index in [9.17, 15) is 0 Å². The lowest BCUT2D eigenvalue weighted by molar-refractivity contribution is 1.54. The van der Waals surface area contributed by atoms with Gasteiger partial charge < -0.3 is 4.98 Å². The van der Waals surface area contributed by atoms with Crippen LogP contribution in [-0.2, 0) is 0 Å². The normalized spacial score (nSPS) is 11.8. The Balaban J connectivity index is 1.36. The van der Waals surface area contributed by atoms with Crippen molar-refractivity contribution in [2.75, 3.05) is 0 Å². The van der Waals surface area contributed by atoms with Crippen LogP contribution in [0.25, 0.3) is 76.4 Å². The second-order valence-electron chi connectivity index (χ2n) is 9.87. The van der Waals surface area contributed by atoms with Crippen molar-refractivity contribution in [3.63, 3.8) is 0 Å². The van der Waals surface area contributed by atoms with Gasteiger partial charge in [-0.25, -0.2) is 0 Å². The van der Waals surface area contributed by atoms with E-state index < -0.39 is 0 Å². The smallest absolute Gasteiger partial charge is 0.0544 e. The van der Waals surface area contributed by atoms with Crippen molar-refractivity contribution in [3.05, 3.63) is 133 Å². The number of para-hydroxylation sites is 1. The fraction of sp³-hybridized carbons (Fsp3) is 0. The minimum Gasteiger partial charge on any atom is -0.354 e. The van der Waals surface area contributed by atoms with Crippen molar-refractivity contribution in [1.82, 2.24) is 4.98 Å². The number of aromatic amines is 1. The van der Waals surface area contributed by atoms with Gasteiger partial charge in [0.2, 0.25) is 0 Å². The first-order chi connectivity index (χ1) is 18.3. The topological polar surface area (TPSA) is 15.8 Å². The maximum Gasteiger partial charge on any atom is 0.0544 e. The molecule has 1 aromatic heterocycles. The summed E-state index contributed by atoms with van der Waals surface area (Å²) in [6.45, 7) is 0. The van der Waals surface area contributed by atoms with Crippen LogP contribution in [0.15, 0.2) is 133 Å². The lowest BCUT2D eigenvalue weighted by Crippen LogP contribution is -1.86. The van der Waals surface area contributed by atoms with Crippen LogP contribution < -0.4 is 0 Å². The molecule has 1 heterocycles. The molecule has 7 aromatic carbocycles. The summed E-state index contributed by atoms with van der Waals surface area (Å²) in [4.78, 5) is 3.75. The molecular weight excluding hydrogens is 446 g/mol. The maximum atomic E-state index is 3.75. The number of benzene rings is 7. The van der Waals surface area contributed by atoms with E-state index in [0.717, 1.165) is 0 Å². The summed E-state index contributed by atoms with van der Waals surface area (Å²) in [5.41, 5.74) is 7.32.